The monoisotopic (exact) mass is 391 g/mol. The van der Waals surface area contributed by atoms with E-state index in [0.29, 0.717) is 10.0 Å². The van der Waals surface area contributed by atoms with E-state index in [2.05, 4.69) is 15.5 Å². The van der Waals surface area contributed by atoms with Crippen LogP contribution in [0, 0.1) is 5.92 Å². The third-order valence-corrected chi connectivity index (χ3v) is 5.50. The van der Waals surface area contributed by atoms with Crippen LogP contribution >= 0.6 is 35.6 Å². The van der Waals surface area contributed by atoms with Crippen molar-refractivity contribution < 1.29 is 4.79 Å². The van der Waals surface area contributed by atoms with Crippen LogP contribution in [0.5, 0.6) is 0 Å². The van der Waals surface area contributed by atoms with E-state index in [1.54, 1.807) is 6.07 Å². The Labute approximate surface area is 159 Å². The summed E-state index contributed by atoms with van der Waals surface area (Å²) in [4.78, 5) is 14.7. The van der Waals surface area contributed by atoms with Gasteiger partial charge in [0.05, 0.1) is 10.0 Å². The molecule has 1 aliphatic carbocycles. The van der Waals surface area contributed by atoms with Crippen LogP contribution in [0.15, 0.2) is 18.2 Å². The van der Waals surface area contributed by atoms with Crippen molar-refractivity contribution >= 4 is 41.5 Å². The molecule has 1 aromatic rings. The van der Waals surface area contributed by atoms with E-state index in [9.17, 15) is 4.79 Å². The van der Waals surface area contributed by atoms with Crippen molar-refractivity contribution in [2.24, 2.45) is 5.92 Å². The van der Waals surface area contributed by atoms with Crippen LogP contribution < -0.4 is 10.6 Å². The van der Waals surface area contributed by atoms with Gasteiger partial charge in [0, 0.05) is 38.6 Å². The Kier molecular flexibility index (Phi) is 7.63. The summed E-state index contributed by atoms with van der Waals surface area (Å²) >= 11 is 12.3. The summed E-state index contributed by atoms with van der Waals surface area (Å²) < 4.78 is 0. The summed E-state index contributed by atoms with van der Waals surface area (Å²) in [5, 5.41) is 7.56. The van der Waals surface area contributed by atoms with Gasteiger partial charge in [-0.15, -0.1) is 12.4 Å². The van der Waals surface area contributed by atoms with Gasteiger partial charge in [0.25, 0.3) is 0 Å². The standard InChI is InChI=1S/C17H23Cl2N3O.ClH/c18-15-4-1-3-12(16(15)19)13-11-14(13)17(23)21-5-2-8-22-9-6-20-7-10-22;/h1,3-4,13-14,20H,2,5-11H2,(H,21,23);1H. The van der Waals surface area contributed by atoms with Gasteiger partial charge in [-0.2, -0.15) is 0 Å². The Morgan fingerprint density at radius 2 is 2.04 bits per heavy atom. The predicted octanol–water partition coefficient (Wildman–Crippen LogP) is 2.93. The molecule has 1 saturated heterocycles. The molecule has 1 aliphatic heterocycles. The molecule has 2 N–H and O–H groups in total. The van der Waals surface area contributed by atoms with E-state index < -0.39 is 0 Å². The summed E-state index contributed by atoms with van der Waals surface area (Å²) in [5.41, 5.74) is 1.00. The zero-order valence-corrected chi connectivity index (χ0v) is 15.9. The molecule has 0 spiro atoms. The van der Waals surface area contributed by atoms with Crippen molar-refractivity contribution in [2.45, 2.75) is 18.8 Å². The lowest BCUT2D eigenvalue weighted by Gasteiger charge is -2.27. The molecular weight excluding hydrogens is 369 g/mol. The second kappa shape index (κ2) is 9.25. The van der Waals surface area contributed by atoms with Crippen LogP contribution in [0.4, 0.5) is 0 Å². The molecule has 4 nitrogen and oxygen atoms in total. The lowest BCUT2D eigenvalue weighted by atomic mass is 10.1. The predicted molar refractivity (Wildman–Crippen MR) is 101 cm³/mol. The lowest BCUT2D eigenvalue weighted by Crippen LogP contribution is -2.44. The maximum atomic E-state index is 12.2. The average molecular weight is 393 g/mol. The maximum absolute atomic E-state index is 12.2. The zero-order chi connectivity index (χ0) is 16.2. The zero-order valence-electron chi connectivity index (χ0n) is 13.6. The molecule has 1 heterocycles. The van der Waals surface area contributed by atoms with Gasteiger partial charge in [-0.1, -0.05) is 35.3 Å². The van der Waals surface area contributed by atoms with Crippen LogP contribution in [-0.4, -0.2) is 50.1 Å². The molecule has 2 aliphatic rings. The van der Waals surface area contributed by atoms with Crippen LogP contribution in [0.3, 0.4) is 0 Å². The number of nitrogens with one attached hydrogen (secondary N) is 2. The molecule has 1 saturated carbocycles. The largest absolute Gasteiger partial charge is 0.356 e. The number of piperazine rings is 1. The van der Waals surface area contributed by atoms with Crippen molar-refractivity contribution in [1.82, 2.24) is 15.5 Å². The Morgan fingerprint density at radius 3 is 2.79 bits per heavy atom. The maximum Gasteiger partial charge on any atom is 0.223 e. The topological polar surface area (TPSA) is 44.4 Å². The third-order valence-electron chi connectivity index (χ3n) is 4.67. The molecule has 2 atom stereocenters. The second-order valence-corrected chi connectivity index (χ2v) is 7.11. The molecule has 0 aromatic heterocycles. The summed E-state index contributed by atoms with van der Waals surface area (Å²) in [6.07, 6.45) is 1.87. The Morgan fingerprint density at radius 1 is 1.29 bits per heavy atom. The fourth-order valence-electron chi connectivity index (χ4n) is 3.22. The number of carbonyl (C=O) groups is 1. The van der Waals surface area contributed by atoms with E-state index in [1.165, 1.54) is 0 Å². The fraction of sp³-hybridized carbons (Fsp3) is 0.588. The Bertz CT molecular complexity index is 564. The van der Waals surface area contributed by atoms with Crippen molar-refractivity contribution in [1.29, 1.82) is 0 Å². The minimum Gasteiger partial charge on any atom is -0.356 e. The van der Waals surface area contributed by atoms with Gasteiger partial charge in [0.2, 0.25) is 5.91 Å². The SMILES string of the molecule is Cl.O=C(NCCCN1CCNCC1)C1CC1c1cccc(Cl)c1Cl. The van der Waals surface area contributed by atoms with Crippen molar-refractivity contribution in [3.8, 4) is 0 Å². The van der Waals surface area contributed by atoms with Gasteiger partial charge >= 0.3 is 0 Å². The molecule has 1 aromatic carbocycles. The Balaban J connectivity index is 0.00000208. The highest BCUT2D eigenvalue weighted by molar-refractivity contribution is 6.42. The molecule has 2 unspecified atom stereocenters. The van der Waals surface area contributed by atoms with E-state index in [-0.39, 0.29) is 30.2 Å². The number of rotatable bonds is 6. The number of benzene rings is 1. The first-order valence-electron chi connectivity index (χ1n) is 8.31. The van der Waals surface area contributed by atoms with Crippen LogP contribution in [0.2, 0.25) is 10.0 Å². The van der Waals surface area contributed by atoms with Gasteiger partial charge in [-0.25, -0.2) is 0 Å². The summed E-state index contributed by atoms with van der Waals surface area (Å²) in [5.74, 6) is 0.408. The number of carbonyl (C=O) groups excluding carboxylic acids is 1. The summed E-state index contributed by atoms with van der Waals surface area (Å²) in [6, 6.07) is 5.64. The number of amides is 1. The fourth-order valence-corrected chi connectivity index (χ4v) is 3.66. The quantitative estimate of drug-likeness (QED) is 0.732. The number of halogens is 3. The molecule has 2 fully saturated rings. The highest BCUT2D eigenvalue weighted by Crippen LogP contribution is 2.50. The molecule has 0 bridgehead atoms. The number of nitrogens with zero attached hydrogens (tertiary/aromatic N) is 1. The molecule has 24 heavy (non-hydrogen) atoms. The smallest absolute Gasteiger partial charge is 0.223 e. The first-order valence-corrected chi connectivity index (χ1v) is 9.07. The average Bonchev–Trinajstić information content (AvgIpc) is 3.35. The summed E-state index contributed by atoms with van der Waals surface area (Å²) in [6.45, 7) is 6.14. The van der Waals surface area contributed by atoms with Gasteiger partial charge in [-0.05, 0) is 36.9 Å². The second-order valence-electron chi connectivity index (χ2n) is 6.33. The molecule has 7 heteroatoms. The van der Waals surface area contributed by atoms with Crippen LogP contribution in [0.1, 0.15) is 24.3 Å². The minimum absolute atomic E-state index is 0. The van der Waals surface area contributed by atoms with E-state index >= 15 is 0 Å². The van der Waals surface area contributed by atoms with Crippen LogP contribution in [0.25, 0.3) is 0 Å². The van der Waals surface area contributed by atoms with Gasteiger partial charge in [-0.3, -0.25) is 4.79 Å². The number of hydrogen-bond acceptors (Lipinski definition) is 3. The van der Waals surface area contributed by atoms with Crippen LogP contribution in [-0.2, 0) is 4.79 Å². The van der Waals surface area contributed by atoms with E-state index in [0.717, 1.165) is 57.7 Å². The van der Waals surface area contributed by atoms with Crippen molar-refractivity contribution in [2.75, 3.05) is 39.3 Å². The molecule has 0 radical (unpaired) electrons. The molecule has 1 amide bonds. The number of hydrogen-bond donors (Lipinski definition) is 2. The van der Waals surface area contributed by atoms with Gasteiger partial charge in [0.1, 0.15) is 0 Å². The van der Waals surface area contributed by atoms with Crippen molar-refractivity contribution in [3.05, 3.63) is 33.8 Å². The minimum atomic E-state index is 0. The first kappa shape index (κ1) is 19.8. The Hall–Kier alpha value is -0.520. The van der Waals surface area contributed by atoms with Crippen molar-refractivity contribution in [3.63, 3.8) is 0 Å². The molecule has 134 valence electrons. The molecular formula is C17H24Cl3N3O. The van der Waals surface area contributed by atoms with Gasteiger partial charge in [0.15, 0.2) is 0 Å². The van der Waals surface area contributed by atoms with E-state index in [1.807, 2.05) is 12.1 Å². The summed E-state index contributed by atoms with van der Waals surface area (Å²) in [7, 11) is 0. The normalized spacial score (nSPS) is 23.4. The highest BCUT2D eigenvalue weighted by Gasteiger charge is 2.44. The lowest BCUT2D eigenvalue weighted by molar-refractivity contribution is -0.122. The van der Waals surface area contributed by atoms with Gasteiger partial charge < -0.3 is 15.5 Å². The highest BCUT2D eigenvalue weighted by atomic mass is 35.5. The van der Waals surface area contributed by atoms with E-state index in [4.69, 9.17) is 23.2 Å². The third kappa shape index (κ3) is 4.99. The molecule has 3 rings (SSSR count). The first-order chi connectivity index (χ1) is 11.2.